The molecule has 0 unspecified atom stereocenters. The van der Waals surface area contributed by atoms with E-state index in [4.69, 9.17) is 0 Å². The van der Waals surface area contributed by atoms with Crippen molar-refractivity contribution in [3.05, 3.63) is 12.4 Å². The fraction of sp³-hybridized carbons (Fsp3) is 0.765. The Balaban J connectivity index is 1.47. The van der Waals surface area contributed by atoms with Gasteiger partial charge in [-0.05, 0) is 45.2 Å². The van der Waals surface area contributed by atoms with Gasteiger partial charge in [-0.3, -0.25) is 0 Å². The fourth-order valence-corrected chi connectivity index (χ4v) is 3.44. The van der Waals surface area contributed by atoms with Crippen LogP contribution in [-0.4, -0.2) is 54.1 Å². The Bertz CT molecular complexity index is 436. The van der Waals surface area contributed by atoms with E-state index in [0.29, 0.717) is 0 Å². The summed E-state index contributed by atoms with van der Waals surface area (Å²) in [5.74, 6) is 2.04. The Kier molecular flexibility index (Phi) is 5.87. The van der Waals surface area contributed by atoms with Crippen molar-refractivity contribution in [2.45, 2.75) is 44.9 Å². The molecular weight excluding hydrogens is 274 g/mol. The molecule has 2 fully saturated rings. The van der Waals surface area contributed by atoms with Crippen LogP contribution in [-0.2, 0) is 0 Å². The van der Waals surface area contributed by atoms with Crippen molar-refractivity contribution in [1.29, 1.82) is 0 Å². The smallest absolute Gasteiger partial charge is 0.134 e. The monoisotopic (exact) mass is 303 g/mol. The molecule has 5 heteroatoms. The first kappa shape index (κ1) is 15.5. The molecule has 0 atom stereocenters. The van der Waals surface area contributed by atoms with Crippen molar-refractivity contribution >= 4 is 11.6 Å². The number of anilines is 2. The molecule has 1 aromatic rings. The number of hydrogen-bond acceptors (Lipinski definition) is 5. The van der Waals surface area contributed by atoms with Gasteiger partial charge in [-0.2, -0.15) is 0 Å². The zero-order chi connectivity index (χ0) is 15.0. The van der Waals surface area contributed by atoms with Gasteiger partial charge in [-0.1, -0.05) is 12.8 Å². The third-order valence-electron chi connectivity index (χ3n) is 4.77. The van der Waals surface area contributed by atoms with Crippen LogP contribution >= 0.6 is 0 Å². The van der Waals surface area contributed by atoms with E-state index in [1.54, 1.807) is 6.33 Å². The average molecular weight is 303 g/mol. The summed E-state index contributed by atoms with van der Waals surface area (Å²) < 4.78 is 0. The van der Waals surface area contributed by atoms with Crippen LogP contribution in [0.3, 0.4) is 0 Å². The maximum Gasteiger partial charge on any atom is 0.134 e. The van der Waals surface area contributed by atoms with Crippen molar-refractivity contribution in [3.63, 3.8) is 0 Å². The minimum Gasteiger partial charge on any atom is -0.369 e. The predicted molar refractivity (Wildman–Crippen MR) is 91.5 cm³/mol. The Morgan fingerprint density at radius 2 is 1.55 bits per heavy atom. The van der Waals surface area contributed by atoms with Crippen molar-refractivity contribution in [1.82, 2.24) is 14.9 Å². The summed E-state index contributed by atoms with van der Waals surface area (Å²) >= 11 is 0. The summed E-state index contributed by atoms with van der Waals surface area (Å²) in [6.45, 7) is 6.85. The number of rotatable bonds is 5. The maximum absolute atomic E-state index is 4.44. The first-order valence-electron chi connectivity index (χ1n) is 8.95. The molecule has 22 heavy (non-hydrogen) atoms. The summed E-state index contributed by atoms with van der Waals surface area (Å²) in [6.07, 6.45) is 11.1. The van der Waals surface area contributed by atoms with Gasteiger partial charge in [-0.15, -0.1) is 0 Å². The van der Waals surface area contributed by atoms with E-state index < -0.39 is 0 Å². The fourth-order valence-electron chi connectivity index (χ4n) is 3.44. The lowest BCUT2D eigenvalue weighted by molar-refractivity contribution is 0.296. The summed E-state index contributed by atoms with van der Waals surface area (Å²) in [7, 11) is 0. The molecule has 2 saturated heterocycles. The Hall–Kier alpha value is -1.36. The lowest BCUT2D eigenvalue weighted by Gasteiger charge is -2.27. The molecule has 0 bridgehead atoms. The maximum atomic E-state index is 4.44. The highest BCUT2D eigenvalue weighted by Crippen LogP contribution is 2.19. The first-order chi connectivity index (χ1) is 10.9. The summed E-state index contributed by atoms with van der Waals surface area (Å²) in [5.41, 5.74) is 0. The van der Waals surface area contributed by atoms with Crippen molar-refractivity contribution in [3.8, 4) is 0 Å². The number of piperidine rings is 1. The van der Waals surface area contributed by atoms with E-state index in [1.807, 2.05) is 0 Å². The third kappa shape index (κ3) is 4.57. The molecule has 2 aliphatic rings. The van der Waals surface area contributed by atoms with E-state index in [0.717, 1.165) is 37.8 Å². The Morgan fingerprint density at radius 1 is 0.864 bits per heavy atom. The highest BCUT2D eigenvalue weighted by molar-refractivity contribution is 5.48. The van der Waals surface area contributed by atoms with Gasteiger partial charge in [0.25, 0.3) is 0 Å². The SMILES string of the molecule is c1nc(NCCN2CCCCCC2)cc(N2CCCCC2)n1. The normalized spacial score (nSPS) is 20.6. The minimum atomic E-state index is 0.963. The summed E-state index contributed by atoms with van der Waals surface area (Å²) in [4.78, 5) is 13.8. The van der Waals surface area contributed by atoms with E-state index in [-0.39, 0.29) is 0 Å². The summed E-state index contributed by atoms with van der Waals surface area (Å²) in [5, 5.41) is 3.47. The van der Waals surface area contributed by atoms with Crippen LogP contribution in [0.25, 0.3) is 0 Å². The largest absolute Gasteiger partial charge is 0.369 e. The zero-order valence-electron chi connectivity index (χ0n) is 13.6. The highest BCUT2D eigenvalue weighted by Gasteiger charge is 2.13. The lowest BCUT2D eigenvalue weighted by Crippen LogP contribution is -2.31. The van der Waals surface area contributed by atoms with Gasteiger partial charge in [-0.25, -0.2) is 9.97 Å². The third-order valence-corrected chi connectivity index (χ3v) is 4.77. The van der Waals surface area contributed by atoms with E-state index >= 15 is 0 Å². The number of aromatic nitrogens is 2. The van der Waals surface area contributed by atoms with Gasteiger partial charge in [0, 0.05) is 32.2 Å². The van der Waals surface area contributed by atoms with Crippen LogP contribution in [0.1, 0.15) is 44.9 Å². The standard InChI is InChI=1S/C17H29N5/c1-2-5-10-21(9-4-1)13-8-18-16-14-17(20-15-19-16)22-11-6-3-7-12-22/h14-15H,1-13H2,(H,18,19,20). The van der Waals surface area contributed by atoms with E-state index in [2.05, 4.69) is 31.2 Å². The van der Waals surface area contributed by atoms with Crippen LogP contribution in [0.15, 0.2) is 12.4 Å². The van der Waals surface area contributed by atoms with Crippen LogP contribution in [0.5, 0.6) is 0 Å². The second-order valence-electron chi connectivity index (χ2n) is 6.49. The van der Waals surface area contributed by atoms with Gasteiger partial charge < -0.3 is 15.1 Å². The van der Waals surface area contributed by atoms with Crippen LogP contribution in [0, 0.1) is 0 Å². The topological polar surface area (TPSA) is 44.3 Å². The number of likely N-dealkylation sites (tertiary alicyclic amines) is 1. The molecule has 2 aliphatic heterocycles. The molecule has 0 radical (unpaired) electrons. The minimum absolute atomic E-state index is 0.963. The number of nitrogens with zero attached hydrogens (tertiary/aromatic N) is 4. The molecular formula is C17H29N5. The van der Waals surface area contributed by atoms with Gasteiger partial charge in [0.2, 0.25) is 0 Å². The second kappa shape index (κ2) is 8.32. The first-order valence-corrected chi connectivity index (χ1v) is 8.95. The summed E-state index contributed by atoms with van der Waals surface area (Å²) in [6, 6.07) is 2.10. The van der Waals surface area contributed by atoms with E-state index in [9.17, 15) is 0 Å². The molecule has 1 aromatic heterocycles. The molecule has 1 N–H and O–H groups in total. The van der Waals surface area contributed by atoms with Crippen molar-refractivity contribution in [2.24, 2.45) is 0 Å². The number of nitrogens with one attached hydrogen (secondary N) is 1. The molecule has 0 saturated carbocycles. The molecule has 3 heterocycles. The molecule has 0 amide bonds. The second-order valence-corrected chi connectivity index (χ2v) is 6.49. The van der Waals surface area contributed by atoms with Gasteiger partial charge in [0.15, 0.2) is 0 Å². The van der Waals surface area contributed by atoms with Crippen LogP contribution in [0.4, 0.5) is 11.6 Å². The molecule has 0 aromatic carbocycles. The Labute approximate surface area is 134 Å². The van der Waals surface area contributed by atoms with Crippen molar-refractivity contribution in [2.75, 3.05) is 49.5 Å². The molecule has 0 spiro atoms. The molecule has 122 valence electrons. The van der Waals surface area contributed by atoms with Crippen LogP contribution < -0.4 is 10.2 Å². The molecule has 0 aliphatic carbocycles. The zero-order valence-corrected chi connectivity index (χ0v) is 13.6. The average Bonchev–Trinajstić information content (AvgIpc) is 2.85. The predicted octanol–water partition coefficient (Wildman–Crippen LogP) is 2.75. The van der Waals surface area contributed by atoms with Crippen molar-refractivity contribution < 1.29 is 0 Å². The van der Waals surface area contributed by atoms with Gasteiger partial charge in [0.1, 0.15) is 18.0 Å². The molecule has 3 rings (SSSR count). The van der Waals surface area contributed by atoms with E-state index in [1.165, 1.54) is 58.0 Å². The Morgan fingerprint density at radius 3 is 2.32 bits per heavy atom. The molecule has 5 nitrogen and oxygen atoms in total. The van der Waals surface area contributed by atoms with Gasteiger partial charge in [0.05, 0.1) is 0 Å². The lowest BCUT2D eigenvalue weighted by atomic mass is 10.1. The highest BCUT2D eigenvalue weighted by atomic mass is 15.2. The van der Waals surface area contributed by atoms with Gasteiger partial charge >= 0.3 is 0 Å². The quantitative estimate of drug-likeness (QED) is 0.906. The van der Waals surface area contributed by atoms with Crippen LogP contribution in [0.2, 0.25) is 0 Å². The number of hydrogen-bond donors (Lipinski definition) is 1.